The number of rotatable bonds is 7. The smallest absolute Gasteiger partial charge is 0.265 e. The fourth-order valence-corrected chi connectivity index (χ4v) is 9.40. The first-order chi connectivity index (χ1) is 24.0. The number of hydrogen-bond donors (Lipinski definition) is 0. The number of fused-ring (bicyclic) bond motifs is 3. The Morgan fingerprint density at radius 1 is 0.740 bits per heavy atom. The average Bonchev–Trinajstić information content (AvgIpc) is 3.37. The Labute approximate surface area is 298 Å². The number of carbonyl (C=O) groups is 4. The van der Waals surface area contributed by atoms with Gasteiger partial charge in [-0.05, 0) is 54.4 Å². The summed E-state index contributed by atoms with van der Waals surface area (Å²) in [5, 5.41) is 0. The fraction of sp³-hybridized carbons (Fsp3) is 0.150. The molecule has 7 rings (SSSR count). The normalized spacial score (nSPS) is 19.6. The molecule has 5 aromatic carbocycles. The van der Waals surface area contributed by atoms with Crippen molar-refractivity contribution in [3.05, 3.63) is 160 Å². The fourth-order valence-electron chi connectivity index (χ4n) is 7.46. The Balaban J connectivity index is 1.61. The van der Waals surface area contributed by atoms with Crippen LogP contribution >= 0.6 is 15.9 Å². The Bertz CT molecular complexity index is 2290. The van der Waals surface area contributed by atoms with E-state index >= 15 is 18.0 Å². The third-order valence-corrected chi connectivity index (χ3v) is 12.0. The Morgan fingerprint density at radius 3 is 2.00 bits per heavy atom. The monoisotopic (exact) mass is 746 g/mol. The predicted octanol–water partition coefficient (Wildman–Crippen LogP) is 7.41. The second kappa shape index (κ2) is 12.6. The molecule has 2 aliphatic heterocycles. The van der Waals surface area contributed by atoms with Gasteiger partial charge >= 0.3 is 0 Å². The molecule has 10 heteroatoms. The SMILES string of the molecule is CC(=O)N1C(=O)[C@@]2(c3ccccc31)[C@H](C(=O)c1ccc(Br)cc1)N(S(=O)(=O)c1ccc(C)cc1)c1ccccc1[C@@H]2CC(=O)c1ccccc1. The number of ketones is 2. The van der Waals surface area contributed by atoms with Gasteiger partial charge in [0.15, 0.2) is 11.6 Å². The molecule has 1 spiro atoms. The van der Waals surface area contributed by atoms with Crippen LogP contribution < -0.4 is 9.21 Å². The van der Waals surface area contributed by atoms with E-state index < -0.39 is 45.0 Å². The number of nitrogens with zero attached hydrogens (tertiary/aromatic N) is 2. The first kappa shape index (κ1) is 33.3. The lowest BCUT2D eigenvalue weighted by molar-refractivity contribution is -0.129. The number of amides is 2. The molecule has 0 saturated heterocycles. The summed E-state index contributed by atoms with van der Waals surface area (Å²) in [5.74, 6) is -3.40. The van der Waals surface area contributed by atoms with Gasteiger partial charge in [-0.1, -0.05) is 112 Å². The van der Waals surface area contributed by atoms with E-state index in [1.165, 1.54) is 19.1 Å². The highest BCUT2D eigenvalue weighted by Crippen LogP contribution is 2.60. The highest BCUT2D eigenvalue weighted by Gasteiger charge is 2.68. The molecular weight excluding hydrogens is 716 g/mol. The number of anilines is 2. The van der Waals surface area contributed by atoms with Crippen LogP contribution in [0.3, 0.4) is 0 Å². The average molecular weight is 748 g/mol. The van der Waals surface area contributed by atoms with Crippen molar-refractivity contribution in [3.8, 4) is 0 Å². The Hall–Kier alpha value is -5.19. The highest BCUT2D eigenvalue weighted by atomic mass is 79.9. The minimum Gasteiger partial charge on any atom is -0.294 e. The van der Waals surface area contributed by atoms with Crippen LogP contribution in [0.15, 0.2) is 137 Å². The standard InChI is InChI=1S/C40H31BrN2O6S/c1-25-16-22-30(23-17-25)50(48,49)43-34-14-8-6-12-31(34)33(24-36(45)27-10-4-3-5-11-27)40(38(43)37(46)28-18-20-29(41)21-19-28)32-13-7-9-15-35(32)42(26(2)44)39(40)47/h3-23,33,38H,24H2,1-2H3/t33-,38-,40+/m0/s1. The molecule has 8 nitrogen and oxygen atoms in total. The number of halogens is 1. The van der Waals surface area contributed by atoms with Crippen LogP contribution in [0.2, 0.25) is 0 Å². The van der Waals surface area contributed by atoms with Crippen molar-refractivity contribution in [1.82, 2.24) is 0 Å². The number of sulfonamides is 1. The molecule has 50 heavy (non-hydrogen) atoms. The summed E-state index contributed by atoms with van der Waals surface area (Å²) in [6.45, 7) is 3.08. The van der Waals surface area contributed by atoms with Crippen LogP contribution in [-0.4, -0.2) is 37.8 Å². The number of imide groups is 1. The highest BCUT2D eigenvalue weighted by molar-refractivity contribution is 9.10. The lowest BCUT2D eigenvalue weighted by Crippen LogP contribution is -2.66. The molecule has 0 fully saturated rings. The molecular formula is C40H31BrN2O6S. The molecule has 0 radical (unpaired) electrons. The Kier molecular flexibility index (Phi) is 8.40. The van der Waals surface area contributed by atoms with Crippen LogP contribution in [0.5, 0.6) is 0 Å². The van der Waals surface area contributed by atoms with Crippen LogP contribution in [0, 0.1) is 6.92 Å². The summed E-state index contributed by atoms with van der Waals surface area (Å²) >= 11 is 3.41. The summed E-state index contributed by atoms with van der Waals surface area (Å²) < 4.78 is 31.9. The van der Waals surface area contributed by atoms with Crippen molar-refractivity contribution in [1.29, 1.82) is 0 Å². The molecule has 0 aromatic heterocycles. The molecule has 5 aromatic rings. The third-order valence-electron chi connectivity index (χ3n) is 9.67. The minimum atomic E-state index is -4.57. The predicted molar refractivity (Wildman–Crippen MR) is 194 cm³/mol. The first-order valence-corrected chi connectivity index (χ1v) is 18.2. The van der Waals surface area contributed by atoms with Crippen molar-refractivity contribution >= 4 is 60.7 Å². The summed E-state index contributed by atoms with van der Waals surface area (Å²) in [6.07, 6.45) is -0.255. The minimum absolute atomic E-state index is 0.0809. The van der Waals surface area contributed by atoms with Crippen molar-refractivity contribution in [3.63, 3.8) is 0 Å². The van der Waals surface area contributed by atoms with Crippen LogP contribution in [0.25, 0.3) is 0 Å². The van der Waals surface area contributed by atoms with Crippen LogP contribution in [0.4, 0.5) is 11.4 Å². The van der Waals surface area contributed by atoms with Gasteiger partial charge in [0.05, 0.1) is 16.3 Å². The van der Waals surface area contributed by atoms with Crippen molar-refractivity contribution in [2.24, 2.45) is 0 Å². The number of carbonyl (C=O) groups excluding carboxylic acids is 4. The lowest BCUT2D eigenvalue weighted by Gasteiger charge is -2.51. The van der Waals surface area contributed by atoms with E-state index in [1.807, 2.05) is 6.92 Å². The molecule has 0 N–H and O–H groups in total. The summed E-state index contributed by atoms with van der Waals surface area (Å²) in [4.78, 5) is 59.2. The second-order valence-electron chi connectivity index (χ2n) is 12.5. The van der Waals surface area contributed by atoms with E-state index in [0.717, 1.165) is 14.8 Å². The van der Waals surface area contributed by atoms with Gasteiger partial charge in [-0.3, -0.25) is 23.5 Å². The molecule has 0 saturated carbocycles. The van der Waals surface area contributed by atoms with Gasteiger partial charge in [-0.25, -0.2) is 13.3 Å². The van der Waals surface area contributed by atoms with E-state index in [2.05, 4.69) is 15.9 Å². The van der Waals surface area contributed by atoms with Gasteiger partial charge in [0.1, 0.15) is 11.5 Å². The zero-order valence-corrected chi connectivity index (χ0v) is 29.5. The zero-order chi connectivity index (χ0) is 35.4. The number of para-hydroxylation sites is 2. The quantitative estimate of drug-likeness (QED) is 0.161. The maximum absolute atomic E-state index is 15.4. The number of aryl methyl sites for hydroxylation is 1. The van der Waals surface area contributed by atoms with E-state index in [1.54, 1.807) is 115 Å². The van der Waals surface area contributed by atoms with Gasteiger partial charge in [0.25, 0.3) is 10.0 Å². The largest absolute Gasteiger partial charge is 0.294 e. The molecule has 0 aliphatic carbocycles. The Morgan fingerprint density at radius 2 is 1.34 bits per heavy atom. The van der Waals surface area contributed by atoms with Gasteiger partial charge < -0.3 is 0 Å². The van der Waals surface area contributed by atoms with E-state index in [4.69, 9.17) is 0 Å². The summed E-state index contributed by atoms with van der Waals surface area (Å²) in [7, 11) is -4.57. The maximum atomic E-state index is 15.4. The van der Waals surface area contributed by atoms with Gasteiger partial charge in [-0.15, -0.1) is 0 Å². The molecule has 0 unspecified atom stereocenters. The molecule has 2 aliphatic rings. The maximum Gasteiger partial charge on any atom is 0.265 e. The summed E-state index contributed by atoms with van der Waals surface area (Å²) in [5.41, 5.74) is 0.436. The van der Waals surface area contributed by atoms with Gasteiger partial charge in [-0.2, -0.15) is 0 Å². The number of Topliss-reactive ketones (excluding diaryl/α,β-unsaturated/α-hetero) is 2. The molecule has 0 bridgehead atoms. The van der Waals surface area contributed by atoms with Crippen LogP contribution in [0.1, 0.15) is 56.7 Å². The molecule has 2 amide bonds. The van der Waals surface area contributed by atoms with Crippen molar-refractivity contribution in [2.45, 2.75) is 42.5 Å². The van der Waals surface area contributed by atoms with Crippen LogP contribution in [-0.2, 0) is 25.0 Å². The third kappa shape index (κ3) is 5.13. The lowest BCUT2D eigenvalue weighted by atomic mass is 9.58. The zero-order valence-electron chi connectivity index (χ0n) is 27.1. The number of hydrogen-bond acceptors (Lipinski definition) is 6. The second-order valence-corrected chi connectivity index (χ2v) is 15.3. The molecule has 3 atom stereocenters. The van der Waals surface area contributed by atoms with E-state index in [9.17, 15) is 9.59 Å². The van der Waals surface area contributed by atoms with E-state index in [0.29, 0.717) is 21.2 Å². The molecule has 2 heterocycles. The first-order valence-electron chi connectivity index (χ1n) is 16.0. The number of benzene rings is 5. The van der Waals surface area contributed by atoms with Gasteiger partial charge in [0, 0.05) is 34.9 Å². The van der Waals surface area contributed by atoms with E-state index in [-0.39, 0.29) is 34.0 Å². The molecule has 250 valence electrons. The van der Waals surface area contributed by atoms with Crippen molar-refractivity contribution < 1.29 is 27.6 Å². The topological polar surface area (TPSA) is 109 Å². The van der Waals surface area contributed by atoms with Crippen molar-refractivity contribution in [2.75, 3.05) is 9.21 Å². The summed E-state index contributed by atoms with van der Waals surface area (Å²) in [6, 6.07) is 32.9. The van der Waals surface area contributed by atoms with Gasteiger partial charge in [0.2, 0.25) is 11.8 Å².